The Morgan fingerprint density at radius 1 is 1.20 bits per heavy atom. The second-order valence-corrected chi connectivity index (χ2v) is 3.75. The molecular weight excluding hydrogens is 192 g/mol. The Morgan fingerprint density at radius 3 is 2.53 bits per heavy atom. The average molecular weight is 208 g/mol. The number of nitrogens with one attached hydrogen (secondary N) is 2. The van der Waals surface area contributed by atoms with Crippen molar-refractivity contribution in [3.63, 3.8) is 0 Å². The molecule has 0 atom stereocenters. The van der Waals surface area contributed by atoms with E-state index in [0.717, 1.165) is 0 Å². The fourth-order valence-electron chi connectivity index (χ4n) is 1.89. The van der Waals surface area contributed by atoms with Gasteiger partial charge in [0, 0.05) is 6.04 Å². The van der Waals surface area contributed by atoms with E-state index in [1.807, 2.05) is 0 Å². The van der Waals surface area contributed by atoms with Crippen molar-refractivity contribution in [3.05, 3.63) is 6.33 Å². The lowest BCUT2D eigenvalue weighted by atomic mass is 10.2. The number of anilines is 3. The van der Waals surface area contributed by atoms with Gasteiger partial charge < -0.3 is 16.5 Å². The second-order valence-electron chi connectivity index (χ2n) is 3.75. The lowest BCUT2D eigenvalue weighted by molar-refractivity contribution is 0.750. The van der Waals surface area contributed by atoms with Crippen LogP contribution in [0, 0.1) is 0 Å². The van der Waals surface area contributed by atoms with Gasteiger partial charge in [0.1, 0.15) is 12.0 Å². The highest BCUT2D eigenvalue weighted by molar-refractivity contribution is 5.73. The summed E-state index contributed by atoms with van der Waals surface area (Å²) in [6, 6.07) is 0.479. The van der Waals surface area contributed by atoms with Crippen molar-refractivity contribution in [1.82, 2.24) is 9.97 Å². The summed E-state index contributed by atoms with van der Waals surface area (Å²) in [5, 5.41) is 3.31. The highest BCUT2D eigenvalue weighted by Crippen LogP contribution is 2.26. The third-order valence-electron chi connectivity index (χ3n) is 2.72. The van der Waals surface area contributed by atoms with E-state index in [9.17, 15) is 0 Å². The van der Waals surface area contributed by atoms with Gasteiger partial charge in [-0.15, -0.1) is 0 Å². The van der Waals surface area contributed by atoms with Crippen molar-refractivity contribution >= 4 is 17.3 Å². The Hall–Kier alpha value is -1.56. The van der Waals surface area contributed by atoms with E-state index in [1.54, 1.807) is 0 Å². The summed E-state index contributed by atoms with van der Waals surface area (Å²) in [5.41, 5.74) is 8.76. The minimum Gasteiger partial charge on any atom is -0.393 e. The van der Waals surface area contributed by atoms with Crippen LogP contribution in [0.15, 0.2) is 6.33 Å². The summed E-state index contributed by atoms with van der Waals surface area (Å²) in [4.78, 5) is 8.03. The SMILES string of the molecule is NNc1ncnc(NC2CCCC2)c1N. The Labute approximate surface area is 88.4 Å². The average Bonchev–Trinajstić information content (AvgIpc) is 2.74. The van der Waals surface area contributed by atoms with Crippen molar-refractivity contribution < 1.29 is 0 Å². The minimum absolute atomic E-state index is 0.463. The first-order valence-electron chi connectivity index (χ1n) is 5.15. The molecule has 1 aliphatic carbocycles. The van der Waals surface area contributed by atoms with Crippen LogP contribution < -0.4 is 22.3 Å². The molecule has 0 bridgehead atoms. The summed E-state index contributed by atoms with van der Waals surface area (Å²) in [6.45, 7) is 0. The first-order chi connectivity index (χ1) is 7.31. The summed E-state index contributed by atoms with van der Waals surface area (Å²) >= 11 is 0. The summed E-state index contributed by atoms with van der Waals surface area (Å²) in [5.74, 6) is 6.41. The van der Waals surface area contributed by atoms with Gasteiger partial charge >= 0.3 is 0 Å². The first-order valence-corrected chi connectivity index (χ1v) is 5.15. The van der Waals surface area contributed by atoms with Gasteiger partial charge in [-0.05, 0) is 12.8 Å². The molecule has 82 valence electrons. The molecule has 0 amide bonds. The Bertz CT molecular complexity index is 333. The molecule has 0 aliphatic heterocycles. The summed E-state index contributed by atoms with van der Waals surface area (Å²) in [6.07, 6.45) is 6.34. The van der Waals surface area contributed by atoms with E-state index in [2.05, 4.69) is 20.7 Å². The van der Waals surface area contributed by atoms with E-state index < -0.39 is 0 Å². The molecule has 1 heterocycles. The zero-order valence-corrected chi connectivity index (χ0v) is 8.53. The van der Waals surface area contributed by atoms with Gasteiger partial charge in [-0.2, -0.15) is 0 Å². The molecule has 0 radical (unpaired) electrons. The fraction of sp³-hybridized carbons (Fsp3) is 0.556. The number of rotatable bonds is 3. The highest BCUT2D eigenvalue weighted by Gasteiger charge is 2.17. The predicted octanol–water partition coefficient (Wildman–Crippen LogP) is 0.699. The van der Waals surface area contributed by atoms with Crippen LogP contribution in [0.2, 0.25) is 0 Å². The van der Waals surface area contributed by atoms with Crippen molar-refractivity contribution in [2.75, 3.05) is 16.5 Å². The molecule has 0 spiro atoms. The van der Waals surface area contributed by atoms with Crippen LogP contribution in [0.1, 0.15) is 25.7 Å². The molecule has 1 aromatic heterocycles. The van der Waals surface area contributed by atoms with Crippen LogP contribution in [0.5, 0.6) is 0 Å². The quantitative estimate of drug-likeness (QED) is 0.431. The number of nitrogen functional groups attached to an aromatic ring is 2. The molecule has 6 heteroatoms. The van der Waals surface area contributed by atoms with Crippen molar-refractivity contribution in [1.29, 1.82) is 0 Å². The monoisotopic (exact) mass is 208 g/mol. The smallest absolute Gasteiger partial charge is 0.168 e. The Balaban J connectivity index is 2.13. The van der Waals surface area contributed by atoms with Gasteiger partial charge in [0.25, 0.3) is 0 Å². The molecule has 0 aromatic carbocycles. The molecule has 0 unspecified atom stereocenters. The number of nitrogens with two attached hydrogens (primary N) is 2. The summed E-state index contributed by atoms with van der Waals surface area (Å²) in [7, 11) is 0. The number of hydrogen-bond acceptors (Lipinski definition) is 6. The minimum atomic E-state index is 0.463. The predicted molar refractivity (Wildman–Crippen MR) is 60.1 cm³/mol. The molecule has 1 aromatic rings. The number of aromatic nitrogens is 2. The maximum absolute atomic E-state index is 5.84. The van der Waals surface area contributed by atoms with E-state index in [0.29, 0.717) is 23.4 Å². The number of hydrogen-bond donors (Lipinski definition) is 4. The maximum Gasteiger partial charge on any atom is 0.168 e. The maximum atomic E-state index is 5.84. The molecule has 6 N–H and O–H groups in total. The van der Waals surface area contributed by atoms with Gasteiger partial charge in [-0.1, -0.05) is 12.8 Å². The fourth-order valence-corrected chi connectivity index (χ4v) is 1.89. The zero-order valence-electron chi connectivity index (χ0n) is 8.53. The van der Waals surface area contributed by atoms with Crippen molar-refractivity contribution in [3.8, 4) is 0 Å². The molecule has 0 saturated heterocycles. The molecule has 15 heavy (non-hydrogen) atoms. The van der Waals surface area contributed by atoms with Gasteiger partial charge in [0.05, 0.1) is 0 Å². The topological polar surface area (TPSA) is 102 Å². The summed E-state index contributed by atoms with van der Waals surface area (Å²) < 4.78 is 0. The van der Waals surface area contributed by atoms with Crippen LogP contribution in [0.25, 0.3) is 0 Å². The molecule has 1 fully saturated rings. The largest absolute Gasteiger partial charge is 0.393 e. The standard InChI is InChI=1S/C9H16N6/c10-7-8(12-5-13-9(7)15-11)14-6-3-1-2-4-6/h5-6H,1-4,10-11H2,(H2,12,13,14,15). The lowest BCUT2D eigenvalue weighted by Crippen LogP contribution is -2.19. The van der Waals surface area contributed by atoms with Crippen LogP contribution in [-0.2, 0) is 0 Å². The van der Waals surface area contributed by atoms with E-state index in [4.69, 9.17) is 11.6 Å². The molecule has 2 rings (SSSR count). The van der Waals surface area contributed by atoms with E-state index >= 15 is 0 Å². The van der Waals surface area contributed by atoms with Crippen LogP contribution >= 0.6 is 0 Å². The lowest BCUT2D eigenvalue weighted by Gasteiger charge is -2.15. The normalized spacial score (nSPS) is 16.6. The Morgan fingerprint density at radius 2 is 1.87 bits per heavy atom. The zero-order chi connectivity index (χ0) is 10.7. The number of hydrazine groups is 1. The van der Waals surface area contributed by atoms with Crippen molar-refractivity contribution in [2.24, 2.45) is 5.84 Å². The highest BCUT2D eigenvalue weighted by atomic mass is 15.3. The van der Waals surface area contributed by atoms with Crippen molar-refractivity contribution in [2.45, 2.75) is 31.7 Å². The van der Waals surface area contributed by atoms with Gasteiger partial charge in [-0.25, -0.2) is 15.8 Å². The number of nitrogens with zero attached hydrogens (tertiary/aromatic N) is 2. The van der Waals surface area contributed by atoms with E-state index in [-0.39, 0.29) is 0 Å². The molecule has 1 aliphatic rings. The third kappa shape index (κ3) is 2.10. The van der Waals surface area contributed by atoms with Gasteiger partial charge in [0.15, 0.2) is 11.6 Å². The molecule has 6 nitrogen and oxygen atoms in total. The van der Waals surface area contributed by atoms with Crippen LogP contribution in [0.4, 0.5) is 17.3 Å². The third-order valence-corrected chi connectivity index (χ3v) is 2.72. The van der Waals surface area contributed by atoms with Crippen LogP contribution in [-0.4, -0.2) is 16.0 Å². The second kappa shape index (κ2) is 4.31. The molecular formula is C9H16N6. The Kier molecular flexibility index (Phi) is 2.86. The van der Waals surface area contributed by atoms with Gasteiger partial charge in [0.2, 0.25) is 0 Å². The van der Waals surface area contributed by atoms with E-state index in [1.165, 1.54) is 32.0 Å². The van der Waals surface area contributed by atoms with Gasteiger partial charge in [-0.3, -0.25) is 0 Å². The van der Waals surface area contributed by atoms with Crippen LogP contribution in [0.3, 0.4) is 0 Å². The first kappa shape index (κ1) is 9.97. The molecule has 1 saturated carbocycles.